The highest BCUT2D eigenvalue weighted by Crippen LogP contribution is 2.05. The first-order valence-corrected chi connectivity index (χ1v) is 3.64. The molecule has 0 heterocycles. The van der Waals surface area contributed by atoms with Gasteiger partial charge in [0.15, 0.2) is 0 Å². The van der Waals surface area contributed by atoms with Crippen LogP contribution in [0.1, 0.15) is 0 Å². The molecule has 11 heavy (non-hydrogen) atoms. The molecule has 0 unspecified atom stereocenters. The zero-order valence-electron chi connectivity index (χ0n) is 6.18. The molecule has 1 aromatic carbocycles. The lowest BCUT2D eigenvalue weighted by Gasteiger charge is -1.80. The first-order valence-electron chi connectivity index (χ1n) is 2.85. The minimum absolute atomic E-state index is 1.13. The second-order valence-electron chi connectivity index (χ2n) is 1.30. The summed E-state index contributed by atoms with van der Waals surface area (Å²) in [6, 6.07) is 9.97. The van der Waals surface area contributed by atoms with Crippen molar-refractivity contribution >= 4 is 15.9 Å². The Morgan fingerprint density at radius 3 is 1.55 bits per heavy atom. The van der Waals surface area contributed by atoms with Gasteiger partial charge in [0.05, 0.1) is 0 Å². The maximum Gasteiger partial charge on any atom is 0.0175 e. The Kier molecular flexibility index (Phi) is 13.6. The van der Waals surface area contributed by atoms with Crippen LogP contribution in [0, 0.1) is 11.1 Å². The van der Waals surface area contributed by atoms with Gasteiger partial charge in [0.2, 0.25) is 0 Å². The molecule has 0 fully saturated rings. The summed E-state index contributed by atoms with van der Waals surface area (Å²) >= 11 is 3.31. The van der Waals surface area contributed by atoms with E-state index in [0.717, 1.165) is 4.47 Å². The summed E-state index contributed by atoms with van der Waals surface area (Å²) in [6.07, 6.45) is 0. The molecule has 0 aliphatic carbocycles. The largest absolute Gasteiger partial charge is 0.213 e. The third kappa shape index (κ3) is 9.04. The predicted octanol–water partition coefficient (Wildman–Crippen LogP) is 3.85. The second-order valence-corrected chi connectivity index (χ2v) is 2.21. The Hall–Kier alpha value is -0.960. The van der Waals surface area contributed by atoms with Crippen LogP contribution < -0.4 is 0 Å². The van der Waals surface area contributed by atoms with Gasteiger partial charge in [-0.1, -0.05) is 34.1 Å². The third-order valence-corrected chi connectivity index (χ3v) is 1.26. The van der Waals surface area contributed by atoms with Gasteiger partial charge in [0.1, 0.15) is 0 Å². The molecule has 0 aliphatic heterocycles. The molecular formula is C8H11BrN2. The van der Waals surface area contributed by atoms with Crippen molar-refractivity contribution in [2.24, 2.45) is 0 Å². The first-order chi connectivity index (χ1) is 5.39. The lowest BCUT2D eigenvalue weighted by Crippen LogP contribution is -1.55. The van der Waals surface area contributed by atoms with Crippen LogP contribution in [0.15, 0.2) is 48.0 Å². The van der Waals surface area contributed by atoms with E-state index in [4.69, 9.17) is 11.1 Å². The maximum absolute atomic E-state index is 5.00. The van der Waals surface area contributed by atoms with Crippen molar-refractivity contribution in [3.8, 4) is 0 Å². The Labute approximate surface area is 75.4 Å². The summed E-state index contributed by atoms with van der Waals surface area (Å²) in [4.78, 5) is 0. The minimum atomic E-state index is 1.13. The van der Waals surface area contributed by atoms with Crippen molar-refractivity contribution in [2.75, 3.05) is 0 Å². The third-order valence-electron chi connectivity index (χ3n) is 0.733. The number of nitrogens with one attached hydrogen (secondary N) is 2. The van der Waals surface area contributed by atoms with Crippen LogP contribution in [0.5, 0.6) is 0 Å². The Bertz CT molecular complexity index is 163. The zero-order valence-corrected chi connectivity index (χ0v) is 7.76. The average Bonchev–Trinajstić information content (AvgIpc) is 2.13. The molecule has 1 aromatic rings. The monoisotopic (exact) mass is 214 g/mol. The van der Waals surface area contributed by atoms with E-state index in [9.17, 15) is 0 Å². The van der Waals surface area contributed by atoms with Crippen LogP contribution in [-0.4, -0.2) is 0 Å². The number of rotatable bonds is 0. The molecule has 2 nitrogen and oxygen atoms in total. The van der Waals surface area contributed by atoms with Gasteiger partial charge < -0.3 is 0 Å². The Morgan fingerprint density at radius 1 is 1.00 bits per heavy atom. The molecule has 0 bridgehead atoms. The quantitative estimate of drug-likeness (QED) is 0.487. The van der Waals surface area contributed by atoms with Crippen molar-refractivity contribution in [2.45, 2.75) is 0 Å². The van der Waals surface area contributed by atoms with Gasteiger partial charge in [-0.05, 0) is 12.1 Å². The van der Waals surface area contributed by atoms with E-state index < -0.39 is 0 Å². The fraction of sp³-hybridized carbons (Fsp3) is 0. The number of halogens is 1. The van der Waals surface area contributed by atoms with Gasteiger partial charge in [-0.2, -0.15) is 0 Å². The van der Waals surface area contributed by atoms with Crippen LogP contribution in [0.25, 0.3) is 0 Å². The molecule has 3 heteroatoms. The van der Waals surface area contributed by atoms with Crippen LogP contribution >= 0.6 is 15.9 Å². The second kappa shape index (κ2) is 11.8. The molecule has 60 valence electrons. The number of hydrogen-bond acceptors (Lipinski definition) is 2. The Balaban J connectivity index is 0. The smallest absolute Gasteiger partial charge is 0.0175 e. The molecule has 0 aromatic heterocycles. The molecule has 0 saturated heterocycles. The van der Waals surface area contributed by atoms with Crippen LogP contribution in [0.4, 0.5) is 0 Å². The van der Waals surface area contributed by atoms with Crippen molar-refractivity contribution < 1.29 is 0 Å². The van der Waals surface area contributed by atoms with E-state index in [2.05, 4.69) is 29.1 Å². The van der Waals surface area contributed by atoms with Crippen molar-refractivity contribution in [3.05, 3.63) is 48.0 Å². The molecule has 0 atom stereocenters. The molecular weight excluding hydrogens is 204 g/mol. The standard InChI is InChI=1S/C6H5Br.C2H4.H2N2/c7-6-4-2-1-3-5-6;2*1-2/h1-5H;1-2H2;1-2H. The van der Waals surface area contributed by atoms with E-state index in [1.807, 2.05) is 30.3 Å². The van der Waals surface area contributed by atoms with Crippen LogP contribution in [0.2, 0.25) is 0 Å². The molecule has 0 radical (unpaired) electrons. The highest BCUT2D eigenvalue weighted by atomic mass is 79.9. The van der Waals surface area contributed by atoms with Gasteiger partial charge in [-0.3, -0.25) is 0 Å². The molecule has 0 saturated carbocycles. The van der Waals surface area contributed by atoms with E-state index in [1.54, 1.807) is 0 Å². The Morgan fingerprint density at radius 2 is 1.36 bits per heavy atom. The normalized spacial score (nSPS) is 6.27. The topological polar surface area (TPSA) is 47.7 Å². The summed E-state index contributed by atoms with van der Waals surface area (Å²) in [5.74, 6) is 0. The van der Waals surface area contributed by atoms with Gasteiger partial charge in [0.25, 0.3) is 0 Å². The first kappa shape index (κ1) is 12.7. The van der Waals surface area contributed by atoms with E-state index in [1.165, 1.54) is 0 Å². The molecule has 2 N–H and O–H groups in total. The number of hydrogen-bond donors (Lipinski definition) is 2. The fourth-order valence-corrected chi connectivity index (χ4v) is 0.720. The molecule has 0 aliphatic rings. The van der Waals surface area contributed by atoms with Crippen molar-refractivity contribution in [3.63, 3.8) is 0 Å². The summed E-state index contributed by atoms with van der Waals surface area (Å²) < 4.78 is 1.13. The lowest BCUT2D eigenvalue weighted by atomic mass is 10.4. The highest BCUT2D eigenvalue weighted by Gasteiger charge is 1.74. The summed E-state index contributed by atoms with van der Waals surface area (Å²) in [6.45, 7) is 6.00. The number of benzene rings is 1. The van der Waals surface area contributed by atoms with Gasteiger partial charge in [-0.25, -0.2) is 11.1 Å². The van der Waals surface area contributed by atoms with E-state index in [0.29, 0.717) is 0 Å². The van der Waals surface area contributed by atoms with Gasteiger partial charge >= 0.3 is 0 Å². The minimum Gasteiger partial charge on any atom is -0.213 e. The predicted molar refractivity (Wildman–Crippen MR) is 50.8 cm³/mol. The van der Waals surface area contributed by atoms with Crippen LogP contribution in [-0.2, 0) is 0 Å². The van der Waals surface area contributed by atoms with E-state index >= 15 is 0 Å². The fourth-order valence-electron chi connectivity index (χ4n) is 0.415. The highest BCUT2D eigenvalue weighted by molar-refractivity contribution is 9.10. The molecule has 0 spiro atoms. The van der Waals surface area contributed by atoms with Gasteiger partial charge in [0, 0.05) is 4.47 Å². The SMILES string of the molecule is Brc1ccccc1.C=C.N=N. The molecule has 0 amide bonds. The van der Waals surface area contributed by atoms with Crippen LogP contribution in [0.3, 0.4) is 0 Å². The average molecular weight is 215 g/mol. The summed E-state index contributed by atoms with van der Waals surface area (Å²) in [7, 11) is 0. The zero-order chi connectivity index (χ0) is 9.11. The lowest BCUT2D eigenvalue weighted by molar-refractivity contribution is 1.05. The summed E-state index contributed by atoms with van der Waals surface area (Å²) in [5, 5.41) is 0. The maximum atomic E-state index is 5.00. The van der Waals surface area contributed by atoms with Gasteiger partial charge in [-0.15, -0.1) is 13.2 Å². The molecule has 1 rings (SSSR count). The van der Waals surface area contributed by atoms with Crippen molar-refractivity contribution in [1.82, 2.24) is 0 Å². The van der Waals surface area contributed by atoms with Crippen molar-refractivity contribution in [1.29, 1.82) is 11.1 Å². The summed E-state index contributed by atoms with van der Waals surface area (Å²) in [5.41, 5.74) is 10.0. The van der Waals surface area contributed by atoms with E-state index in [-0.39, 0.29) is 0 Å².